The molecule has 3 aromatic rings. The quantitative estimate of drug-likeness (QED) is 0.585. The Balaban J connectivity index is 1.67. The van der Waals surface area contributed by atoms with Crippen LogP contribution in [0.15, 0.2) is 63.2 Å². The first-order chi connectivity index (χ1) is 12.9. The highest BCUT2D eigenvalue weighted by atomic mass is 79.9. The highest BCUT2D eigenvalue weighted by Crippen LogP contribution is 2.33. The molecular formula is C17H11BrF3N5S. The third-order valence-corrected chi connectivity index (χ3v) is 5.40. The number of alkyl halides is 3. The molecule has 4 rings (SSSR count). The minimum Gasteiger partial charge on any atom is -0.276 e. The summed E-state index contributed by atoms with van der Waals surface area (Å²) < 4.78 is 41.2. The molecule has 0 bridgehead atoms. The van der Waals surface area contributed by atoms with Crippen LogP contribution >= 0.6 is 27.7 Å². The van der Waals surface area contributed by atoms with Gasteiger partial charge in [0.2, 0.25) is 5.16 Å². The summed E-state index contributed by atoms with van der Waals surface area (Å²) in [7, 11) is 0. The van der Waals surface area contributed by atoms with Gasteiger partial charge in [-0.15, -0.1) is 10.2 Å². The predicted octanol–water partition coefficient (Wildman–Crippen LogP) is 5.11. The Labute approximate surface area is 164 Å². The molecule has 1 aliphatic rings. The highest BCUT2D eigenvalue weighted by Gasteiger charge is 2.30. The van der Waals surface area contributed by atoms with Crippen molar-refractivity contribution in [3.05, 3.63) is 58.6 Å². The van der Waals surface area contributed by atoms with Crippen LogP contribution in [0.1, 0.15) is 5.56 Å². The third kappa shape index (κ3) is 3.72. The lowest BCUT2D eigenvalue weighted by molar-refractivity contribution is -0.137. The molecule has 0 aliphatic carbocycles. The van der Waals surface area contributed by atoms with Gasteiger partial charge in [-0.3, -0.25) is 5.43 Å². The second kappa shape index (κ2) is 7.01. The topological polar surface area (TPSA) is 55.1 Å². The summed E-state index contributed by atoms with van der Waals surface area (Å²) >= 11 is 4.89. The molecule has 0 atom stereocenters. The fourth-order valence-corrected chi connectivity index (χ4v) is 3.76. The van der Waals surface area contributed by atoms with Gasteiger partial charge in [-0.25, -0.2) is 9.67 Å². The van der Waals surface area contributed by atoms with Crippen molar-refractivity contribution >= 4 is 39.2 Å². The van der Waals surface area contributed by atoms with E-state index in [-0.39, 0.29) is 5.69 Å². The number of hydrogen-bond donors (Lipinski definition) is 1. The van der Waals surface area contributed by atoms with Crippen LogP contribution in [0, 0.1) is 0 Å². The summed E-state index contributed by atoms with van der Waals surface area (Å²) in [6.07, 6.45) is -4.40. The van der Waals surface area contributed by atoms with E-state index in [1.165, 1.54) is 23.9 Å². The van der Waals surface area contributed by atoms with Gasteiger partial charge in [0.25, 0.3) is 0 Å². The van der Waals surface area contributed by atoms with Crippen LogP contribution in [0.2, 0.25) is 0 Å². The van der Waals surface area contributed by atoms with Gasteiger partial charge in [-0.1, -0.05) is 45.9 Å². The molecule has 0 saturated carbocycles. The minimum absolute atomic E-state index is 0.229. The van der Waals surface area contributed by atoms with Crippen molar-refractivity contribution in [3.63, 3.8) is 0 Å². The molecule has 5 nitrogen and oxygen atoms in total. The van der Waals surface area contributed by atoms with Crippen LogP contribution in [0.5, 0.6) is 0 Å². The Morgan fingerprint density at radius 2 is 1.93 bits per heavy atom. The molecule has 0 unspecified atom stereocenters. The van der Waals surface area contributed by atoms with Crippen LogP contribution < -0.4 is 5.43 Å². The summed E-state index contributed by atoms with van der Waals surface area (Å²) in [6.45, 7) is 0. The predicted molar refractivity (Wildman–Crippen MR) is 102 cm³/mol. The Bertz CT molecular complexity index is 1030. The third-order valence-electron chi connectivity index (χ3n) is 3.76. The Hall–Kier alpha value is -2.33. The number of aliphatic imine (C=N–C) groups is 1. The first kappa shape index (κ1) is 18.1. The molecule has 0 saturated heterocycles. The summed E-state index contributed by atoms with van der Waals surface area (Å²) in [5, 5.41) is 9.02. The molecule has 2 heterocycles. The molecule has 2 aromatic carbocycles. The van der Waals surface area contributed by atoms with E-state index < -0.39 is 11.7 Å². The average molecular weight is 454 g/mol. The van der Waals surface area contributed by atoms with Crippen molar-refractivity contribution < 1.29 is 13.2 Å². The molecule has 1 aliphatic heterocycles. The Morgan fingerprint density at radius 3 is 2.70 bits per heavy atom. The number of nitrogens with zero attached hydrogens (tertiary/aromatic N) is 4. The number of amidine groups is 1. The van der Waals surface area contributed by atoms with Crippen molar-refractivity contribution in [1.29, 1.82) is 0 Å². The molecule has 1 aromatic heterocycles. The van der Waals surface area contributed by atoms with Gasteiger partial charge in [0.1, 0.15) is 5.84 Å². The average Bonchev–Trinajstić information content (AvgIpc) is 3.05. The first-order valence-electron chi connectivity index (χ1n) is 7.77. The summed E-state index contributed by atoms with van der Waals surface area (Å²) in [5.74, 6) is 1.55. The number of nitrogens with one attached hydrogen (secondary N) is 1. The minimum atomic E-state index is -4.40. The zero-order valence-electron chi connectivity index (χ0n) is 13.5. The van der Waals surface area contributed by atoms with Crippen LogP contribution in [0.3, 0.4) is 0 Å². The van der Waals surface area contributed by atoms with Crippen molar-refractivity contribution in [2.45, 2.75) is 11.3 Å². The summed E-state index contributed by atoms with van der Waals surface area (Å²) in [6, 6.07) is 12.5. The van der Waals surface area contributed by atoms with Crippen molar-refractivity contribution in [2.75, 3.05) is 11.2 Å². The smallest absolute Gasteiger partial charge is 0.276 e. The summed E-state index contributed by atoms with van der Waals surface area (Å²) in [5.41, 5.74) is 3.43. The van der Waals surface area contributed by atoms with Crippen LogP contribution in [-0.2, 0) is 6.18 Å². The number of rotatable bonds is 2. The largest absolute Gasteiger partial charge is 0.416 e. The van der Waals surface area contributed by atoms with E-state index in [0.29, 0.717) is 22.6 Å². The van der Waals surface area contributed by atoms with Crippen LogP contribution in [0.4, 0.5) is 18.9 Å². The van der Waals surface area contributed by atoms with Gasteiger partial charge in [-0.2, -0.15) is 13.2 Å². The van der Waals surface area contributed by atoms with E-state index in [4.69, 9.17) is 0 Å². The van der Waals surface area contributed by atoms with E-state index in [2.05, 4.69) is 36.5 Å². The zero-order chi connectivity index (χ0) is 19.0. The second-order valence-electron chi connectivity index (χ2n) is 5.63. The molecule has 0 radical (unpaired) electrons. The van der Waals surface area contributed by atoms with E-state index in [9.17, 15) is 13.2 Å². The number of benzene rings is 2. The van der Waals surface area contributed by atoms with Gasteiger partial charge in [0.15, 0.2) is 5.82 Å². The molecule has 1 N–H and O–H groups in total. The lowest BCUT2D eigenvalue weighted by Crippen LogP contribution is -2.30. The lowest BCUT2D eigenvalue weighted by atomic mass is 10.2. The van der Waals surface area contributed by atoms with Crippen LogP contribution in [-0.4, -0.2) is 26.5 Å². The molecule has 0 spiro atoms. The maximum atomic E-state index is 12.9. The van der Waals surface area contributed by atoms with Gasteiger partial charge in [0, 0.05) is 10.0 Å². The van der Waals surface area contributed by atoms with Gasteiger partial charge in [0.05, 0.1) is 17.0 Å². The van der Waals surface area contributed by atoms with Gasteiger partial charge >= 0.3 is 6.18 Å². The fraction of sp³-hybridized carbons (Fsp3) is 0.118. The number of hydrogen-bond acceptors (Lipinski definition) is 4. The lowest BCUT2D eigenvalue weighted by Gasteiger charge is -2.19. The molecule has 138 valence electrons. The van der Waals surface area contributed by atoms with Crippen molar-refractivity contribution in [2.24, 2.45) is 4.99 Å². The first-order valence-corrected chi connectivity index (χ1v) is 9.54. The SMILES string of the molecule is FC(F)(F)c1cccc(N=C2CSc3nnc(-c4ccccc4Br)n3N2)c1. The van der Waals surface area contributed by atoms with Gasteiger partial charge in [-0.05, 0) is 30.3 Å². The van der Waals surface area contributed by atoms with E-state index >= 15 is 0 Å². The number of halogens is 4. The fourth-order valence-electron chi connectivity index (χ4n) is 2.54. The monoisotopic (exact) mass is 453 g/mol. The maximum Gasteiger partial charge on any atom is 0.416 e. The molecule has 10 heteroatoms. The van der Waals surface area contributed by atoms with Crippen molar-refractivity contribution in [3.8, 4) is 11.4 Å². The van der Waals surface area contributed by atoms with Crippen molar-refractivity contribution in [1.82, 2.24) is 14.9 Å². The molecule has 27 heavy (non-hydrogen) atoms. The number of thioether (sulfide) groups is 1. The van der Waals surface area contributed by atoms with E-state index in [1.807, 2.05) is 24.3 Å². The van der Waals surface area contributed by atoms with Gasteiger partial charge < -0.3 is 0 Å². The molecular weight excluding hydrogens is 443 g/mol. The number of fused-ring (bicyclic) bond motifs is 1. The molecule has 0 amide bonds. The number of aromatic nitrogens is 3. The second-order valence-corrected chi connectivity index (χ2v) is 7.43. The Morgan fingerprint density at radius 1 is 1.11 bits per heavy atom. The van der Waals surface area contributed by atoms with E-state index in [1.54, 1.807) is 4.68 Å². The normalized spacial score (nSPS) is 15.5. The Kier molecular flexibility index (Phi) is 4.68. The molecule has 0 fully saturated rings. The standard InChI is InChI=1S/C17H11BrF3N5S/c18-13-7-2-1-6-12(13)15-23-24-16-26(15)25-14(9-27-16)22-11-5-3-4-10(8-11)17(19,20)21/h1-8H,9H2,(H,22,25). The summed E-state index contributed by atoms with van der Waals surface area (Å²) in [4.78, 5) is 4.32. The highest BCUT2D eigenvalue weighted by molar-refractivity contribution is 9.10. The van der Waals surface area contributed by atoms with Crippen LogP contribution in [0.25, 0.3) is 11.4 Å². The zero-order valence-corrected chi connectivity index (χ0v) is 15.9. The van der Waals surface area contributed by atoms with E-state index in [0.717, 1.165) is 22.2 Å². The maximum absolute atomic E-state index is 12.9.